The normalized spacial score (nSPS) is 16.0. The molecule has 43 heavy (non-hydrogen) atoms. The molecule has 2 heterocycles. The van der Waals surface area contributed by atoms with Crippen LogP contribution < -0.4 is 19.1 Å². The fourth-order valence-electron chi connectivity index (χ4n) is 4.85. The lowest BCUT2D eigenvalue weighted by Gasteiger charge is -2.24. The molecule has 1 aliphatic heterocycles. The predicted octanol–water partition coefficient (Wildman–Crippen LogP) is 6.75. The van der Waals surface area contributed by atoms with Crippen LogP contribution in [0, 0.1) is 13.8 Å². The average molecular weight is 638 g/mol. The lowest BCUT2D eigenvalue weighted by Crippen LogP contribution is -2.29. The maximum atomic E-state index is 13.7. The minimum atomic E-state index is -1.07. The Balaban J connectivity index is 1.65. The molecule has 1 amide bonds. The van der Waals surface area contributed by atoms with Gasteiger partial charge in [-0.3, -0.25) is 14.5 Å². The van der Waals surface area contributed by atoms with Gasteiger partial charge in [0.25, 0.3) is 5.78 Å². The summed E-state index contributed by atoms with van der Waals surface area (Å²) in [7, 11) is 4.43. The Morgan fingerprint density at radius 1 is 1.00 bits per heavy atom. The number of rotatable bonds is 9. The summed E-state index contributed by atoms with van der Waals surface area (Å²) in [4.78, 5) is 28.7. The molecule has 0 aliphatic carbocycles. The van der Waals surface area contributed by atoms with Crippen LogP contribution >= 0.6 is 34.7 Å². The summed E-state index contributed by atoms with van der Waals surface area (Å²) < 4.78 is 17.2. The number of halogens is 1. The predicted molar refractivity (Wildman–Crippen MR) is 168 cm³/mol. The number of aliphatic hydroxyl groups is 1. The minimum absolute atomic E-state index is 0.0894. The number of thioether (sulfide) groups is 1. The Labute approximate surface area is 262 Å². The van der Waals surface area contributed by atoms with E-state index in [9.17, 15) is 14.7 Å². The van der Waals surface area contributed by atoms with Gasteiger partial charge < -0.3 is 19.3 Å². The first-order valence-corrected chi connectivity index (χ1v) is 15.2. The van der Waals surface area contributed by atoms with Crippen molar-refractivity contribution < 1.29 is 28.9 Å². The highest BCUT2D eigenvalue weighted by molar-refractivity contribution is 8.00. The van der Waals surface area contributed by atoms with Crippen molar-refractivity contribution in [3.05, 3.63) is 93.0 Å². The van der Waals surface area contributed by atoms with Gasteiger partial charge in [0.15, 0.2) is 15.8 Å². The molecule has 1 saturated heterocycles. The monoisotopic (exact) mass is 637 g/mol. The molecule has 4 aromatic rings. The van der Waals surface area contributed by atoms with Crippen LogP contribution in [0.3, 0.4) is 0 Å². The number of ether oxygens (including phenoxy) is 3. The Bertz CT molecular complexity index is 1730. The van der Waals surface area contributed by atoms with Gasteiger partial charge in [-0.25, -0.2) is 0 Å². The van der Waals surface area contributed by atoms with Crippen LogP contribution in [0.25, 0.3) is 5.76 Å². The molecular weight excluding hydrogens is 610 g/mol. The number of ketones is 1. The summed E-state index contributed by atoms with van der Waals surface area (Å²) >= 11 is 8.89. The zero-order chi connectivity index (χ0) is 30.8. The third-order valence-electron chi connectivity index (χ3n) is 7.01. The van der Waals surface area contributed by atoms with Crippen LogP contribution in [0.15, 0.2) is 64.5 Å². The number of aryl methyl sites for hydroxylation is 2. The Kier molecular flexibility index (Phi) is 8.95. The highest BCUT2D eigenvalue weighted by Crippen LogP contribution is 2.48. The van der Waals surface area contributed by atoms with Gasteiger partial charge in [-0.1, -0.05) is 70.6 Å². The average Bonchev–Trinajstić information content (AvgIpc) is 3.58. The van der Waals surface area contributed by atoms with E-state index in [1.807, 2.05) is 50.2 Å². The zero-order valence-electron chi connectivity index (χ0n) is 24.0. The van der Waals surface area contributed by atoms with E-state index in [4.69, 9.17) is 25.8 Å². The Hall–Kier alpha value is -4.06. The van der Waals surface area contributed by atoms with Gasteiger partial charge in [0, 0.05) is 16.3 Å². The van der Waals surface area contributed by atoms with Crippen LogP contribution in [0.4, 0.5) is 5.13 Å². The van der Waals surface area contributed by atoms with Crippen molar-refractivity contribution in [2.24, 2.45) is 0 Å². The summed E-state index contributed by atoms with van der Waals surface area (Å²) in [6.45, 7) is 3.71. The van der Waals surface area contributed by atoms with Crippen LogP contribution in [-0.2, 0) is 15.3 Å². The van der Waals surface area contributed by atoms with Gasteiger partial charge >= 0.3 is 5.91 Å². The van der Waals surface area contributed by atoms with Crippen LogP contribution in [-0.4, -0.2) is 48.3 Å². The molecule has 222 valence electrons. The second-order valence-corrected chi connectivity index (χ2v) is 12.3. The highest BCUT2D eigenvalue weighted by atomic mass is 35.5. The molecule has 1 aromatic heterocycles. The van der Waals surface area contributed by atoms with Gasteiger partial charge in [0.05, 0.1) is 32.9 Å². The number of carbonyl (C=O) groups excluding carboxylic acids is 2. The first-order valence-electron chi connectivity index (χ1n) is 13.1. The van der Waals surface area contributed by atoms with Crippen molar-refractivity contribution in [3.63, 3.8) is 0 Å². The Morgan fingerprint density at radius 3 is 2.35 bits per heavy atom. The fourth-order valence-corrected chi connectivity index (χ4v) is 7.01. The lowest BCUT2D eigenvalue weighted by atomic mass is 9.93. The largest absolute Gasteiger partial charge is 0.507 e. The van der Waals surface area contributed by atoms with Gasteiger partial charge in [0.2, 0.25) is 10.9 Å². The van der Waals surface area contributed by atoms with Crippen molar-refractivity contribution in [3.8, 4) is 17.2 Å². The van der Waals surface area contributed by atoms with E-state index in [1.165, 1.54) is 38.0 Å². The number of nitrogens with zero attached hydrogens (tertiary/aromatic N) is 3. The number of carbonyl (C=O) groups is 2. The summed E-state index contributed by atoms with van der Waals surface area (Å²) in [5.74, 6) is -0.462. The SMILES string of the molecule is COc1cc(C2C(=C(O)c3cc(C)ccc3C)C(=O)C(=O)N2c2nnc(SCc3ccccc3Cl)s2)cc(OC)c1OC. The van der Waals surface area contributed by atoms with Crippen molar-refractivity contribution in [2.45, 2.75) is 30.0 Å². The number of aliphatic hydroxyl groups excluding tert-OH is 1. The van der Waals surface area contributed by atoms with E-state index in [2.05, 4.69) is 10.2 Å². The summed E-state index contributed by atoms with van der Waals surface area (Å²) in [6, 6.07) is 15.3. The number of methoxy groups -OCH3 is 3. The molecule has 0 saturated carbocycles. The molecule has 5 rings (SSSR count). The number of amides is 1. The fraction of sp³-hybridized carbons (Fsp3) is 0.226. The minimum Gasteiger partial charge on any atom is -0.507 e. The summed E-state index contributed by atoms with van der Waals surface area (Å²) in [6.07, 6.45) is 0. The molecule has 0 bridgehead atoms. The van der Waals surface area contributed by atoms with E-state index in [1.54, 1.807) is 18.2 Å². The third-order valence-corrected chi connectivity index (χ3v) is 9.48. The molecule has 12 heteroatoms. The first-order chi connectivity index (χ1) is 20.7. The molecule has 1 N–H and O–H groups in total. The molecule has 1 aliphatic rings. The van der Waals surface area contributed by atoms with Gasteiger partial charge in [-0.15, -0.1) is 10.2 Å². The van der Waals surface area contributed by atoms with Crippen molar-refractivity contribution in [1.29, 1.82) is 0 Å². The summed E-state index contributed by atoms with van der Waals surface area (Å²) in [5, 5.41) is 21.0. The molecule has 0 spiro atoms. The first kappa shape index (κ1) is 30.4. The molecule has 1 unspecified atom stereocenters. The van der Waals surface area contributed by atoms with Gasteiger partial charge in [0.1, 0.15) is 5.76 Å². The van der Waals surface area contributed by atoms with Crippen LogP contribution in [0.5, 0.6) is 17.2 Å². The molecular formula is C31H28ClN3O6S2. The number of benzene rings is 3. The van der Waals surface area contributed by atoms with E-state index in [0.717, 1.165) is 28.0 Å². The van der Waals surface area contributed by atoms with Crippen LogP contribution in [0.2, 0.25) is 5.02 Å². The maximum Gasteiger partial charge on any atom is 0.301 e. The van der Waals surface area contributed by atoms with Crippen molar-refractivity contribution in [1.82, 2.24) is 10.2 Å². The lowest BCUT2D eigenvalue weighted by molar-refractivity contribution is -0.132. The number of anilines is 1. The third kappa shape index (κ3) is 5.80. The van der Waals surface area contributed by atoms with E-state index in [-0.39, 0.29) is 16.5 Å². The maximum absolute atomic E-state index is 13.7. The number of hydrogen-bond acceptors (Lipinski definition) is 10. The molecule has 3 aromatic carbocycles. The van der Waals surface area contributed by atoms with Crippen molar-refractivity contribution in [2.75, 3.05) is 26.2 Å². The topological polar surface area (TPSA) is 111 Å². The standard InChI is InChI=1S/C31H28ClN3O6S2/c1-16-10-11-17(2)20(12-16)26(36)24-25(19-13-22(39-3)28(41-5)23(14-19)40-4)35(29(38)27(24)37)30-33-34-31(43-30)42-15-18-8-6-7-9-21(18)32/h6-14,25,36H,15H2,1-5H3. The molecule has 1 atom stereocenters. The Morgan fingerprint density at radius 2 is 1.70 bits per heavy atom. The highest BCUT2D eigenvalue weighted by Gasteiger charge is 2.49. The van der Waals surface area contributed by atoms with Gasteiger partial charge in [-0.2, -0.15) is 0 Å². The number of aromatic nitrogens is 2. The zero-order valence-corrected chi connectivity index (χ0v) is 26.4. The molecule has 9 nitrogen and oxygen atoms in total. The smallest absolute Gasteiger partial charge is 0.301 e. The number of hydrogen-bond donors (Lipinski definition) is 1. The van der Waals surface area contributed by atoms with E-state index < -0.39 is 17.7 Å². The van der Waals surface area contributed by atoms with Crippen LogP contribution in [0.1, 0.15) is 33.9 Å². The molecule has 0 radical (unpaired) electrons. The number of Topliss-reactive ketones (excluding diaryl/α,β-unsaturated/α-hetero) is 1. The van der Waals surface area contributed by atoms with E-state index in [0.29, 0.717) is 43.5 Å². The second-order valence-electron chi connectivity index (χ2n) is 9.68. The van der Waals surface area contributed by atoms with Crippen molar-refractivity contribution >= 4 is 57.3 Å². The quantitative estimate of drug-likeness (QED) is 0.0700. The molecule has 1 fully saturated rings. The van der Waals surface area contributed by atoms with E-state index >= 15 is 0 Å². The summed E-state index contributed by atoms with van der Waals surface area (Å²) in [5.41, 5.74) is 3.36. The van der Waals surface area contributed by atoms with Gasteiger partial charge in [-0.05, 0) is 54.8 Å². The second kappa shape index (κ2) is 12.7.